The highest BCUT2D eigenvalue weighted by molar-refractivity contribution is 6.04. The van der Waals surface area contributed by atoms with Crippen LogP contribution in [-0.2, 0) is 12.8 Å². The first-order valence-corrected chi connectivity index (χ1v) is 8.64. The minimum Gasteiger partial charge on any atom is -0.368 e. The lowest BCUT2D eigenvalue weighted by atomic mass is 10.1. The Labute approximate surface area is 154 Å². The fraction of sp³-hybridized carbons (Fsp3) is 0.368. The number of pyridine rings is 1. The quantitative estimate of drug-likeness (QED) is 0.885. The van der Waals surface area contributed by atoms with E-state index in [0.29, 0.717) is 11.4 Å². The number of aryl methyl sites for hydroxylation is 2. The summed E-state index contributed by atoms with van der Waals surface area (Å²) >= 11 is 0. The molecule has 0 spiro atoms. The molecule has 0 saturated carbocycles. The number of fused-ring (bicyclic) bond motifs is 1. The number of halogens is 1. The highest BCUT2D eigenvalue weighted by atomic mass is 35.5. The number of carbonyl (C=O) groups excluding carboxylic acids is 1. The van der Waals surface area contributed by atoms with Gasteiger partial charge in [0.25, 0.3) is 5.91 Å². The third-order valence-corrected chi connectivity index (χ3v) is 4.83. The number of nitrogens with one attached hydrogen (secondary N) is 2. The zero-order valence-corrected chi connectivity index (χ0v) is 14.9. The molecule has 1 aliphatic carbocycles. The van der Waals surface area contributed by atoms with Gasteiger partial charge in [0.05, 0.1) is 11.9 Å². The first-order valence-electron chi connectivity index (χ1n) is 8.64. The van der Waals surface area contributed by atoms with Gasteiger partial charge in [-0.15, -0.1) is 12.4 Å². The van der Waals surface area contributed by atoms with E-state index in [2.05, 4.69) is 26.6 Å². The molecule has 2 aliphatic rings. The molecule has 0 bridgehead atoms. The molecule has 6 heteroatoms. The zero-order valence-electron chi connectivity index (χ0n) is 14.1. The Morgan fingerprint density at radius 1 is 1.08 bits per heavy atom. The number of anilines is 2. The lowest BCUT2D eigenvalue weighted by molar-refractivity contribution is 0.102. The molecule has 0 atom stereocenters. The van der Waals surface area contributed by atoms with Gasteiger partial charge in [-0.05, 0) is 54.7 Å². The van der Waals surface area contributed by atoms with Crippen LogP contribution in [0.4, 0.5) is 11.5 Å². The number of aromatic nitrogens is 1. The Hall–Kier alpha value is -2.11. The number of hydrogen-bond donors (Lipinski definition) is 2. The van der Waals surface area contributed by atoms with Crippen LogP contribution < -0.4 is 15.5 Å². The van der Waals surface area contributed by atoms with Crippen molar-refractivity contribution < 1.29 is 4.79 Å². The van der Waals surface area contributed by atoms with E-state index >= 15 is 0 Å². The van der Waals surface area contributed by atoms with Crippen LogP contribution in [0, 0.1) is 0 Å². The van der Waals surface area contributed by atoms with Crippen molar-refractivity contribution in [3.05, 3.63) is 53.2 Å². The third kappa shape index (κ3) is 3.94. The third-order valence-electron chi connectivity index (χ3n) is 4.83. The van der Waals surface area contributed by atoms with Gasteiger partial charge in [-0.2, -0.15) is 0 Å². The van der Waals surface area contributed by atoms with Crippen LogP contribution in [0.3, 0.4) is 0 Å². The molecule has 2 aromatic rings. The molecule has 1 fully saturated rings. The van der Waals surface area contributed by atoms with Crippen molar-refractivity contribution in [2.75, 3.05) is 36.4 Å². The topological polar surface area (TPSA) is 57.3 Å². The molecule has 0 radical (unpaired) electrons. The standard InChI is InChI=1S/C19H22N4O.ClH/c24-19(16-5-4-14-2-1-3-15(14)12-16)22-18-7-6-17(13-21-18)23-10-8-20-9-11-23;/h4-7,12-13,20H,1-3,8-11H2,(H,21,22,24);1H. The number of nitrogens with zero attached hydrogens (tertiary/aromatic N) is 2. The molecule has 1 saturated heterocycles. The molecule has 2 N–H and O–H groups in total. The van der Waals surface area contributed by atoms with Gasteiger partial charge in [-0.1, -0.05) is 6.07 Å². The van der Waals surface area contributed by atoms with E-state index in [1.165, 1.54) is 17.5 Å². The van der Waals surface area contributed by atoms with Crippen LogP contribution in [0.2, 0.25) is 0 Å². The lowest BCUT2D eigenvalue weighted by Gasteiger charge is -2.29. The normalized spacial score (nSPS) is 16.1. The molecular weight excluding hydrogens is 336 g/mol. The first kappa shape index (κ1) is 17.7. The fourth-order valence-corrected chi connectivity index (χ4v) is 3.47. The fourth-order valence-electron chi connectivity index (χ4n) is 3.47. The van der Waals surface area contributed by atoms with Gasteiger partial charge in [-0.3, -0.25) is 4.79 Å². The van der Waals surface area contributed by atoms with Crippen LogP contribution >= 0.6 is 12.4 Å². The van der Waals surface area contributed by atoms with Gasteiger partial charge in [0.1, 0.15) is 5.82 Å². The molecule has 1 aromatic carbocycles. The SMILES string of the molecule is Cl.O=C(Nc1ccc(N2CCNCC2)cn1)c1ccc2c(c1)CCC2. The number of benzene rings is 1. The van der Waals surface area contributed by atoms with E-state index in [-0.39, 0.29) is 18.3 Å². The van der Waals surface area contributed by atoms with Crippen molar-refractivity contribution in [2.24, 2.45) is 0 Å². The summed E-state index contributed by atoms with van der Waals surface area (Å²) in [6, 6.07) is 9.92. The molecule has 132 valence electrons. The van der Waals surface area contributed by atoms with Gasteiger partial charge in [0.15, 0.2) is 0 Å². The molecule has 2 heterocycles. The Kier molecular flexibility index (Phi) is 5.56. The number of carbonyl (C=O) groups is 1. The van der Waals surface area contributed by atoms with Crippen LogP contribution in [-0.4, -0.2) is 37.1 Å². The van der Waals surface area contributed by atoms with Crippen molar-refractivity contribution in [1.82, 2.24) is 10.3 Å². The monoisotopic (exact) mass is 358 g/mol. The highest BCUT2D eigenvalue weighted by Crippen LogP contribution is 2.23. The van der Waals surface area contributed by atoms with Crippen molar-refractivity contribution >= 4 is 29.8 Å². The smallest absolute Gasteiger partial charge is 0.256 e. The van der Waals surface area contributed by atoms with E-state index in [1.54, 1.807) is 0 Å². The number of piperazine rings is 1. The Balaban J connectivity index is 0.00000182. The van der Waals surface area contributed by atoms with Crippen molar-refractivity contribution in [1.29, 1.82) is 0 Å². The average Bonchev–Trinajstić information content (AvgIpc) is 3.11. The maximum atomic E-state index is 12.4. The molecule has 0 unspecified atom stereocenters. The summed E-state index contributed by atoms with van der Waals surface area (Å²) in [5.74, 6) is 0.506. The lowest BCUT2D eigenvalue weighted by Crippen LogP contribution is -2.43. The van der Waals surface area contributed by atoms with Gasteiger partial charge < -0.3 is 15.5 Å². The zero-order chi connectivity index (χ0) is 16.4. The summed E-state index contributed by atoms with van der Waals surface area (Å²) in [7, 11) is 0. The maximum Gasteiger partial charge on any atom is 0.256 e. The largest absolute Gasteiger partial charge is 0.368 e. The van der Waals surface area contributed by atoms with E-state index in [9.17, 15) is 4.79 Å². The van der Waals surface area contributed by atoms with Crippen LogP contribution in [0.15, 0.2) is 36.5 Å². The predicted molar refractivity (Wildman–Crippen MR) is 103 cm³/mol. The summed E-state index contributed by atoms with van der Waals surface area (Å²) in [6.45, 7) is 3.97. The maximum absolute atomic E-state index is 12.4. The Bertz CT molecular complexity index is 742. The van der Waals surface area contributed by atoms with Gasteiger partial charge in [0.2, 0.25) is 0 Å². The Morgan fingerprint density at radius 2 is 1.88 bits per heavy atom. The summed E-state index contributed by atoms with van der Waals surface area (Å²) in [4.78, 5) is 19.1. The second-order valence-corrected chi connectivity index (χ2v) is 6.43. The van der Waals surface area contributed by atoms with E-state index in [4.69, 9.17) is 0 Å². The van der Waals surface area contributed by atoms with Crippen molar-refractivity contribution in [2.45, 2.75) is 19.3 Å². The molecule has 25 heavy (non-hydrogen) atoms. The average molecular weight is 359 g/mol. The minimum atomic E-state index is -0.0906. The van der Waals surface area contributed by atoms with Gasteiger partial charge >= 0.3 is 0 Å². The van der Waals surface area contributed by atoms with E-state index in [0.717, 1.165) is 44.7 Å². The number of rotatable bonds is 3. The number of hydrogen-bond acceptors (Lipinski definition) is 4. The molecule has 5 nitrogen and oxygen atoms in total. The van der Waals surface area contributed by atoms with E-state index in [1.807, 2.05) is 30.5 Å². The predicted octanol–water partition coefficient (Wildman–Crippen LogP) is 2.65. The van der Waals surface area contributed by atoms with Gasteiger partial charge in [0, 0.05) is 31.7 Å². The van der Waals surface area contributed by atoms with Crippen molar-refractivity contribution in [3.8, 4) is 0 Å². The second-order valence-electron chi connectivity index (χ2n) is 6.43. The minimum absolute atomic E-state index is 0. The summed E-state index contributed by atoms with van der Waals surface area (Å²) in [5.41, 5.74) is 4.50. The number of amides is 1. The Morgan fingerprint density at radius 3 is 2.64 bits per heavy atom. The van der Waals surface area contributed by atoms with E-state index < -0.39 is 0 Å². The summed E-state index contributed by atoms with van der Waals surface area (Å²) in [5, 5.41) is 6.24. The van der Waals surface area contributed by atoms with Gasteiger partial charge in [-0.25, -0.2) is 4.98 Å². The first-order chi connectivity index (χ1) is 11.8. The highest BCUT2D eigenvalue weighted by Gasteiger charge is 2.15. The second kappa shape index (κ2) is 7.85. The molecule has 1 aromatic heterocycles. The van der Waals surface area contributed by atoms with Crippen LogP contribution in [0.25, 0.3) is 0 Å². The summed E-state index contributed by atoms with van der Waals surface area (Å²) < 4.78 is 0. The van der Waals surface area contributed by atoms with Crippen molar-refractivity contribution in [3.63, 3.8) is 0 Å². The molecular formula is C19H23ClN4O. The molecule has 1 amide bonds. The molecule has 4 rings (SSSR count). The summed E-state index contributed by atoms with van der Waals surface area (Å²) in [6.07, 6.45) is 5.24. The molecule has 1 aliphatic heterocycles. The van der Waals surface area contributed by atoms with Crippen LogP contribution in [0.1, 0.15) is 27.9 Å². The van der Waals surface area contributed by atoms with Crippen LogP contribution in [0.5, 0.6) is 0 Å².